The number of aliphatic hydroxyl groups excluding tert-OH is 1. The summed E-state index contributed by atoms with van der Waals surface area (Å²) in [5.74, 6) is 1.10. The SMILES string of the molecule is CC(C)COc1ccccc1NC(=O)N1C[C@H](O)[C@@H](N2CCCCC2)C1. The van der Waals surface area contributed by atoms with E-state index in [1.165, 1.54) is 19.3 Å². The summed E-state index contributed by atoms with van der Waals surface area (Å²) in [6, 6.07) is 7.37. The number of benzene rings is 1. The van der Waals surface area contributed by atoms with Crippen molar-refractivity contribution in [3.8, 4) is 5.75 Å². The molecule has 144 valence electrons. The molecule has 1 aromatic carbocycles. The van der Waals surface area contributed by atoms with E-state index in [0.29, 0.717) is 37.1 Å². The first kappa shape index (κ1) is 19.0. The van der Waals surface area contributed by atoms with Gasteiger partial charge in [0, 0.05) is 6.54 Å². The van der Waals surface area contributed by atoms with E-state index in [2.05, 4.69) is 24.1 Å². The van der Waals surface area contributed by atoms with Gasteiger partial charge in [-0.3, -0.25) is 4.90 Å². The van der Waals surface area contributed by atoms with Crippen LogP contribution in [0, 0.1) is 5.92 Å². The number of carbonyl (C=O) groups is 1. The highest BCUT2D eigenvalue weighted by Crippen LogP contribution is 2.26. The Morgan fingerprint density at radius 2 is 1.96 bits per heavy atom. The van der Waals surface area contributed by atoms with E-state index in [9.17, 15) is 9.90 Å². The van der Waals surface area contributed by atoms with E-state index < -0.39 is 6.10 Å². The topological polar surface area (TPSA) is 65.0 Å². The number of hydrogen-bond acceptors (Lipinski definition) is 4. The summed E-state index contributed by atoms with van der Waals surface area (Å²) in [7, 11) is 0. The number of piperidine rings is 1. The van der Waals surface area contributed by atoms with Crippen LogP contribution in [0.3, 0.4) is 0 Å². The number of β-amino-alcohol motifs (C(OH)–C–C–N with tert-alkyl or cyclic N) is 1. The number of rotatable bonds is 5. The molecular formula is C20H31N3O3. The van der Waals surface area contributed by atoms with Crippen LogP contribution in [0.1, 0.15) is 33.1 Å². The lowest BCUT2D eigenvalue weighted by Gasteiger charge is -2.33. The van der Waals surface area contributed by atoms with Crippen molar-refractivity contribution in [1.82, 2.24) is 9.80 Å². The average Bonchev–Trinajstić information content (AvgIpc) is 3.03. The van der Waals surface area contributed by atoms with Gasteiger partial charge in [0.25, 0.3) is 0 Å². The Kier molecular flexibility index (Phi) is 6.38. The molecule has 2 N–H and O–H groups in total. The van der Waals surface area contributed by atoms with Gasteiger partial charge < -0.3 is 20.1 Å². The highest BCUT2D eigenvalue weighted by molar-refractivity contribution is 5.91. The summed E-state index contributed by atoms with van der Waals surface area (Å²) in [6.07, 6.45) is 3.13. The second-order valence-electron chi connectivity index (χ2n) is 7.77. The molecule has 0 spiro atoms. The normalized spacial score (nSPS) is 24.1. The van der Waals surface area contributed by atoms with Crippen molar-refractivity contribution in [2.24, 2.45) is 5.92 Å². The van der Waals surface area contributed by atoms with Gasteiger partial charge in [-0.25, -0.2) is 4.79 Å². The molecule has 3 rings (SSSR count). The maximum absolute atomic E-state index is 12.7. The second kappa shape index (κ2) is 8.73. The van der Waals surface area contributed by atoms with Gasteiger partial charge >= 0.3 is 6.03 Å². The molecule has 0 saturated carbocycles. The zero-order valence-electron chi connectivity index (χ0n) is 15.9. The monoisotopic (exact) mass is 361 g/mol. The summed E-state index contributed by atoms with van der Waals surface area (Å²) in [6.45, 7) is 7.77. The van der Waals surface area contributed by atoms with Crippen molar-refractivity contribution < 1.29 is 14.6 Å². The van der Waals surface area contributed by atoms with Crippen molar-refractivity contribution in [2.75, 3.05) is 38.1 Å². The number of carbonyl (C=O) groups excluding carboxylic acids is 1. The van der Waals surface area contributed by atoms with Crippen LogP contribution in [-0.4, -0.2) is 65.9 Å². The number of anilines is 1. The Morgan fingerprint density at radius 3 is 2.69 bits per heavy atom. The lowest BCUT2D eigenvalue weighted by molar-refractivity contribution is 0.0706. The van der Waals surface area contributed by atoms with Crippen LogP contribution in [-0.2, 0) is 0 Å². The molecular weight excluding hydrogens is 330 g/mol. The van der Waals surface area contributed by atoms with Gasteiger partial charge in [-0.05, 0) is 44.0 Å². The van der Waals surface area contributed by atoms with Crippen LogP contribution in [0.2, 0.25) is 0 Å². The van der Waals surface area contributed by atoms with Crippen LogP contribution in [0.5, 0.6) is 5.75 Å². The number of hydrogen-bond donors (Lipinski definition) is 2. The standard InChI is InChI=1S/C20H31N3O3/c1-15(2)14-26-19-9-5-4-8-16(19)21-20(25)23-12-17(18(24)13-23)22-10-6-3-7-11-22/h4-5,8-9,15,17-18,24H,3,6-7,10-14H2,1-2H3,(H,21,25)/t17-,18-/m0/s1. The zero-order chi connectivity index (χ0) is 18.5. The Morgan fingerprint density at radius 1 is 1.23 bits per heavy atom. The first-order valence-electron chi connectivity index (χ1n) is 9.74. The van der Waals surface area contributed by atoms with Gasteiger partial charge in [-0.2, -0.15) is 0 Å². The number of nitrogens with zero attached hydrogens (tertiary/aromatic N) is 2. The second-order valence-corrected chi connectivity index (χ2v) is 7.77. The molecule has 0 bridgehead atoms. The summed E-state index contributed by atoms with van der Waals surface area (Å²) in [4.78, 5) is 16.8. The molecule has 6 nitrogen and oxygen atoms in total. The number of urea groups is 1. The minimum Gasteiger partial charge on any atom is -0.491 e. The first-order valence-corrected chi connectivity index (χ1v) is 9.74. The highest BCUT2D eigenvalue weighted by atomic mass is 16.5. The van der Waals surface area contributed by atoms with Gasteiger partial charge in [0.1, 0.15) is 5.75 Å². The number of aliphatic hydroxyl groups is 1. The fourth-order valence-electron chi connectivity index (χ4n) is 3.69. The predicted octanol–water partition coefficient (Wildman–Crippen LogP) is 2.78. The molecule has 2 heterocycles. The van der Waals surface area contributed by atoms with E-state index in [1.54, 1.807) is 4.90 Å². The molecule has 2 atom stereocenters. The summed E-state index contributed by atoms with van der Waals surface area (Å²) >= 11 is 0. The highest BCUT2D eigenvalue weighted by Gasteiger charge is 2.38. The molecule has 2 aliphatic heterocycles. The molecule has 1 aromatic rings. The molecule has 0 unspecified atom stereocenters. The predicted molar refractivity (Wildman–Crippen MR) is 103 cm³/mol. The third-order valence-corrected chi connectivity index (χ3v) is 5.11. The van der Waals surface area contributed by atoms with Crippen molar-refractivity contribution in [3.63, 3.8) is 0 Å². The van der Waals surface area contributed by atoms with Gasteiger partial charge in [0.2, 0.25) is 0 Å². The van der Waals surface area contributed by atoms with E-state index in [0.717, 1.165) is 13.1 Å². The Hall–Kier alpha value is -1.79. The quantitative estimate of drug-likeness (QED) is 0.846. The van der Waals surface area contributed by atoms with Crippen molar-refractivity contribution in [3.05, 3.63) is 24.3 Å². The van der Waals surface area contributed by atoms with Crippen molar-refractivity contribution >= 4 is 11.7 Å². The molecule has 26 heavy (non-hydrogen) atoms. The van der Waals surface area contributed by atoms with Crippen LogP contribution >= 0.6 is 0 Å². The van der Waals surface area contributed by atoms with Crippen LogP contribution in [0.25, 0.3) is 0 Å². The van der Waals surface area contributed by atoms with Crippen LogP contribution < -0.4 is 10.1 Å². The van der Waals surface area contributed by atoms with Gasteiger partial charge in [-0.1, -0.05) is 32.4 Å². The van der Waals surface area contributed by atoms with E-state index in [-0.39, 0.29) is 12.1 Å². The van der Waals surface area contributed by atoms with E-state index in [4.69, 9.17) is 4.74 Å². The van der Waals surface area contributed by atoms with Gasteiger partial charge in [0.15, 0.2) is 0 Å². The van der Waals surface area contributed by atoms with Crippen LogP contribution in [0.4, 0.5) is 10.5 Å². The fourth-order valence-corrected chi connectivity index (χ4v) is 3.69. The number of nitrogens with one attached hydrogen (secondary N) is 1. The maximum Gasteiger partial charge on any atom is 0.322 e. The molecule has 2 aliphatic rings. The fraction of sp³-hybridized carbons (Fsp3) is 0.650. The molecule has 2 saturated heterocycles. The molecule has 0 aromatic heterocycles. The van der Waals surface area contributed by atoms with Crippen molar-refractivity contribution in [1.29, 1.82) is 0 Å². The maximum atomic E-state index is 12.7. The minimum absolute atomic E-state index is 0.0495. The molecule has 2 amide bonds. The molecule has 0 aliphatic carbocycles. The smallest absolute Gasteiger partial charge is 0.322 e. The summed E-state index contributed by atoms with van der Waals surface area (Å²) in [5, 5.41) is 13.4. The molecule has 6 heteroatoms. The number of para-hydroxylation sites is 2. The van der Waals surface area contributed by atoms with E-state index in [1.807, 2.05) is 24.3 Å². The summed E-state index contributed by atoms with van der Waals surface area (Å²) < 4.78 is 5.81. The average molecular weight is 361 g/mol. The first-order chi connectivity index (χ1) is 12.5. The number of ether oxygens (including phenoxy) is 1. The van der Waals surface area contributed by atoms with Gasteiger partial charge in [-0.15, -0.1) is 0 Å². The lowest BCUT2D eigenvalue weighted by atomic mass is 10.1. The third kappa shape index (κ3) is 4.68. The Balaban J connectivity index is 1.60. The number of amides is 2. The largest absolute Gasteiger partial charge is 0.491 e. The molecule has 2 fully saturated rings. The van der Waals surface area contributed by atoms with Crippen LogP contribution in [0.15, 0.2) is 24.3 Å². The minimum atomic E-state index is -0.480. The Bertz CT molecular complexity index is 602. The third-order valence-electron chi connectivity index (χ3n) is 5.11. The lowest BCUT2D eigenvalue weighted by Crippen LogP contribution is -2.46. The Labute approximate surface area is 156 Å². The van der Waals surface area contributed by atoms with Crippen molar-refractivity contribution in [2.45, 2.75) is 45.3 Å². The van der Waals surface area contributed by atoms with Gasteiger partial charge in [0.05, 0.1) is 31.0 Å². The molecule has 0 radical (unpaired) electrons. The zero-order valence-corrected chi connectivity index (χ0v) is 15.9. The van der Waals surface area contributed by atoms with E-state index >= 15 is 0 Å². The number of likely N-dealkylation sites (tertiary alicyclic amines) is 2. The summed E-state index contributed by atoms with van der Waals surface area (Å²) in [5.41, 5.74) is 0.675.